The van der Waals surface area contributed by atoms with Gasteiger partial charge in [-0.2, -0.15) is 0 Å². The lowest BCUT2D eigenvalue weighted by atomic mass is 9.97. The summed E-state index contributed by atoms with van der Waals surface area (Å²) in [6.45, 7) is 0. The molecule has 0 aliphatic heterocycles. The van der Waals surface area contributed by atoms with Crippen LogP contribution in [0.4, 0.5) is 0 Å². The maximum Gasteiger partial charge on any atom is 0.167 e. The van der Waals surface area contributed by atoms with Crippen LogP contribution >= 0.6 is 17.0 Å². The molecule has 2 heteroatoms. The molecule has 1 aromatic rings. The van der Waals surface area contributed by atoms with Gasteiger partial charge in [-0.05, 0) is 5.56 Å². The van der Waals surface area contributed by atoms with Crippen molar-refractivity contribution in [2.45, 2.75) is 6.42 Å². The summed E-state index contributed by atoms with van der Waals surface area (Å²) in [4.78, 5) is 11.2. The molecule has 0 bridgehead atoms. The zero-order chi connectivity index (χ0) is 7.68. The maximum absolute atomic E-state index is 11.2. The van der Waals surface area contributed by atoms with Crippen LogP contribution in [0.5, 0.6) is 0 Å². The number of allylic oxidation sites excluding steroid dienone is 1. The van der Waals surface area contributed by atoms with Crippen molar-refractivity contribution in [3.05, 3.63) is 41.5 Å². The highest BCUT2D eigenvalue weighted by Gasteiger charge is 2.10. The van der Waals surface area contributed by atoms with Gasteiger partial charge in [0.1, 0.15) is 0 Å². The Kier molecular flexibility index (Phi) is 2.82. The first kappa shape index (κ1) is 9.20. The summed E-state index contributed by atoms with van der Waals surface area (Å²) in [5.74, 6) is 0.225. The number of rotatable bonds is 0. The van der Waals surface area contributed by atoms with E-state index in [2.05, 4.69) is 0 Å². The van der Waals surface area contributed by atoms with Gasteiger partial charge in [0.05, 0.1) is 0 Å². The van der Waals surface area contributed by atoms with Crippen LogP contribution < -0.4 is 0 Å². The summed E-state index contributed by atoms with van der Waals surface area (Å²) in [6, 6.07) is 7.68. The van der Waals surface area contributed by atoms with Crippen molar-refractivity contribution in [2.24, 2.45) is 0 Å². The average Bonchev–Trinajstić information content (AvgIpc) is 2.06. The van der Waals surface area contributed by atoms with Crippen molar-refractivity contribution in [1.82, 2.24) is 0 Å². The molecule has 1 nitrogen and oxygen atoms in total. The number of halogens is 1. The van der Waals surface area contributed by atoms with Gasteiger partial charge >= 0.3 is 0 Å². The van der Waals surface area contributed by atoms with Gasteiger partial charge in [-0.3, -0.25) is 4.79 Å². The standard InChI is InChI=1S/C10H8O.BrH/c11-10-7-3-5-8-4-1-2-6-9(8)10;/h1-6H,7H2;1H. The zero-order valence-corrected chi connectivity index (χ0v) is 8.20. The Morgan fingerprint density at radius 1 is 1.17 bits per heavy atom. The number of Topliss-reactive ketones (excluding diaryl/α,β-unsaturated/α-hetero) is 1. The van der Waals surface area contributed by atoms with E-state index in [1.165, 1.54) is 0 Å². The summed E-state index contributed by atoms with van der Waals surface area (Å²) < 4.78 is 0. The lowest BCUT2D eigenvalue weighted by Gasteiger charge is -2.07. The van der Waals surface area contributed by atoms with E-state index in [-0.39, 0.29) is 22.8 Å². The molecule has 0 amide bonds. The molecule has 12 heavy (non-hydrogen) atoms. The largest absolute Gasteiger partial charge is 0.294 e. The Hall–Kier alpha value is -0.890. The molecule has 0 fully saturated rings. The first-order chi connectivity index (χ1) is 5.38. The van der Waals surface area contributed by atoms with Crippen LogP contribution in [0.3, 0.4) is 0 Å². The van der Waals surface area contributed by atoms with Crippen LogP contribution in [-0.4, -0.2) is 5.78 Å². The number of fused-ring (bicyclic) bond motifs is 1. The third kappa shape index (κ3) is 1.48. The quantitative estimate of drug-likeness (QED) is 0.663. The SMILES string of the molecule is Br.O=C1CC=Cc2ccccc21. The molecule has 62 valence electrons. The first-order valence-corrected chi connectivity index (χ1v) is 3.67. The zero-order valence-electron chi connectivity index (χ0n) is 6.49. The molecule has 0 radical (unpaired) electrons. The van der Waals surface area contributed by atoms with Gasteiger partial charge in [-0.1, -0.05) is 36.4 Å². The molecule has 0 unspecified atom stereocenters. The minimum atomic E-state index is 0. The van der Waals surface area contributed by atoms with Crippen molar-refractivity contribution in [2.75, 3.05) is 0 Å². The van der Waals surface area contributed by atoms with E-state index >= 15 is 0 Å². The van der Waals surface area contributed by atoms with Crippen molar-refractivity contribution in [3.8, 4) is 0 Å². The Bertz CT molecular complexity index is 328. The van der Waals surface area contributed by atoms with Gasteiger partial charge in [-0.25, -0.2) is 0 Å². The lowest BCUT2D eigenvalue weighted by molar-refractivity contribution is 0.0994. The summed E-state index contributed by atoms with van der Waals surface area (Å²) in [5.41, 5.74) is 1.90. The first-order valence-electron chi connectivity index (χ1n) is 3.67. The Balaban J connectivity index is 0.000000720. The molecule has 0 saturated heterocycles. The van der Waals surface area contributed by atoms with Gasteiger partial charge in [0, 0.05) is 12.0 Å². The molecule has 0 aromatic heterocycles. The molecule has 0 spiro atoms. The molecule has 0 heterocycles. The lowest BCUT2D eigenvalue weighted by Crippen LogP contribution is -2.02. The molecule has 1 aromatic carbocycles. The molecular weight excluding hydrogens is 216 g/mol. The van der Waals surface area contributed by atoms with Gasteiger partial charge in [0.2, 0.25) is 0 Å². The number of benzene rings is 1. The second-order valence-electron chi connectivity index (χ2n) is 2.62. The Labute approximate surface area is 81.9 Å². The van der Waals surface area contributed by atoms with Crippen LogP contribution in [0.25, 0.3) is 6.08 Å². The smallest absolute Gasteiger partial charge is 0.167 e. The highest BCUT2D eigenvalue weighted by molar-refractivity contribution is 8.93. The molecular formula is C10H9BrO. The van der Waals surface area contributed by atoms with Crippen molar-refractivity contribution >= 4 is 28.8 Å². The minimum Gasteiger partial charge on any atom is -0.294 e. The van der Waals surface area contributed by atoms with E-state index in [1.807, 2.05) is 36.4 Å². The fraction of sp³-hybridized carbons (Fsp3) is 0.100. The van der Waals surface area contributed by atoms with Crippen LogP contribution in [0.2, 0.25) is 0 Å². The van der Waals surface area contributed by atoms with E-state index in [4.69, 9.17) is 0 Å². The maximum atomic E-state index is 11.2. The number of hydrogen-bond acceptors (Lipinski definition) is 1. The molecule has 0 atom stereocenters. The van der Waals surface area contributed by atoms with Crippen molar-refractivity contribution < 1.29 is 4.79 Å². The van der Waals surface area contributed by atoms with Gasteiger partial charge in [0.25, 0.3) is 0 Å². The number of ketones is 1. The van der Waals surface area contributed by atoms with E-state index < -0.39 is 0 Å². The molecule has 2 rings (SSSR count). The molecule has 1 aliphatic carbocycles. The van der Waals surface area contributed by atoms with Crippen LogP contribution in [0.1, 0.15) is 22.3 Å². The van der Waals surface area contributed by atoms with E-state index in [0.29, 0.717) is 6.42 Å². The molecule has 1 aliphatic rings. The highest BCUT2D eigenvalue weighted by Crippen LogP contribution is 2.17. The minimum absolute atomic E-state index is 0. The Morgan fingerprint density at radius 2 is 1.92 bits per heavy atom. The summed E-state index contributed by atoms with van der Waals surface area (Å²) in [5, 5.41) is 0. The van der Waals surface area contributed by atoms with E-state index in [0.717, 1.165) is 11.1 Å². The number of hydrogen-bond donors (Lipinski definition) is 0. The van der Waals surface area contributed by atoms with Gasteiger partial charge in [0.15, 0.2) is 5.78 Å². The third-order valence-corrected chi connectivity index (χ3v) is 1.86. The van der Waals surface area contributed by atoms with Crippen molar-refractivity contribution in [1.29, 1.82) is 0 Å². The van der Waals surface area contributed by atoms with Crippen molar-refractivity contribution in [3.63, 3.8) is 0 Å². The predicted octanol–water partition coefficient (Wildman–Crippen LogP) is 2.86. The van der Waals surface area contributed by atoms with Crippen LogP contribution in [0.15, 0.2) is 30.3 Å². The predicted molar refractivity (Wildman–Crippen MR) is 54.7 cm³/mol. The van der Waals surface area contributed by atoms with Gasteiger partial charge in [-0.15, -0.1) is 17.0 Å². The summed E-state index contributed by atoms with van der Waals surface area (Å²) >= 11 is 0. The Morgan fingerprint density at radius 3 is 2.67 bits per heavy atom. The summed E-state index contributed by atoms with van der Waals surface area (Å²) in [6.07, 6.45) is 4.46. The monoisotopic (exact) mass is 224 g/mol. The van der Waals surface area contributed by atoms with Crippen LogP contribution in [0, 0.1) is 0 Å². The van der Waals surface area contributed by atoms with Gasteiger partial charge < -0.3 is 0 Å². The summed E-state index contributed by atoms with van der Waals surface area (Å²) in [7, 11) is 0. The van der Waals surface area contributed by atoms with E-state index in [9.17, 15) is 4.79 Å². The number of carbonyl (C=O) groups is 1. The normalized spacial score (nSPS) is 13.5. The fourth-order valence-corrected chi connectivity index (χ4v) is 1.30. The third-order valence-electron chi connectivity index (χ3n) is 1.86. The second-order valence-corrected chi connectivity index (χ2v) is 2.62. The fourth-order valence-electron chi connectivity index (χ4n) is 1.30. The molecule has 0 saturated carbocycles. The molecule has 0 N–H and O–H groups in total. The average molecular weight is 225 g/mol. The number of carbonyl (C=O) groups excluding carboxylic acids is 1. The topological polar surface area (TPSA) is 17.1 Å². The van der Waals surface area contributed by atoms with Crippen LogP contribution in [-0.2, 0) is 0 Å². The second kappa shape index (κ2) is 3.68. The van der Waals surface area contributed by atoms with E-state index in [1.54, 1.807) is 0 Å². The highest BCUT2D eigenvalue weighted by atomic mass is 79.9.